The highest BCUT2D eigenvalue weighted by Gasteiger charge is 2.29. The number of thiazole rings is 1. The van der Waals surface area contributed by atoms with Crippen LogP contribution in [0, 0.1) is 0 Å². The molecule has 38 heavy (non-hydrogen) atoms. The summed E-state index contributed by atoms with van der Waals surface area (Å²) in [6, 6.07) is 17.6. The fraction of sp³-hybridized carbons (Fsp3) is 0.240. The zero-order chi connectivity index (χ0) is 27.1. The number of thioether (sulfide) groups is 1. The van der Waals surface area contributed by atoms with Gasteiger partial charge in [-0.25, -0.2) is 8.42 Å². The van der Waals surface area contributed by atoms with E-state index in [1.165, 1.54) is 11.8 Å². The second-order valence-electron chi connectivity index (χ2n) is 8.83. The molecule has 1 aliphatic heterocycles. The van der Waals surface area contributed by atoms with Crippen molar-refractivity contribution < 1.29 is 30.5 Å². The number of hydrogen-bond donors (Lipinski definition) is 1. The maximum absolute atomic E-state index is 11.3. The van der Waals surface area contributed by atoms with Gasteiger partial charge in [0.05, 0.1) is 32.7 Å². The zero-order valence-electron chi connectivity index (χ0n) is 19.9. The van der Waals surface area contributed by atoms with Gasteiger partial charge in [0.2, 0.25) is 5.52 Å². The molecule has 2 heterocycles. The van der Waals surface area contributed by atoms with Gasteiger partial charge in [0, 0.05) is 40.1 Å². The third-order valence-corrected chi connectivity index (χ3v) is 10.2. The summed E-state index contributed by atoms with van der Waals surface area (Å²) in [5.74, 6) is -0.822. The van der Waals surface area contributed by atoms with Crippen LogP contribution in [-0.4, -0.2) is 44.0 Å². The van der Waals surface area contributed by atoms with Gasteiger partial charge in [0.1, 0.15) is 4.70 Å². The van der Waals surface area contributed by atoms with E-state index >= 15 is 0 Å². The van der Waals surface area contributed by atoms with E-state index in [-0.39, 0.29) is 18.6 Å². The third-order valence-electron chi connectivity index (χ3n) is 6.12. The molecule has 200 valence electrons. The van der Waals surface area contributed by atoms with Crippen molar-refractivity contribution in [2.75, 3.05) is 23.0 Å². The highest BCUT2D eigenvalue weighted by atomic mass is 35.5. The highest BCUT2D eigenvalue weighted by molar-refractivity contribution is 8.04. The van der Waals surface area contributed by atoms with Crippen molar-refractivity contribution in [3.63, 3.8) is 0 Å². The molecule has 0 aliphatic carbocycles. The van der Waals surface area contributed by atoms with Crippen LogP contribution in [0.2, 0.25) is 5.02 Å². The Hall–Kier alpha value is -2.19. The minimum atomic E-state index is -4.34. The molecule has 0 atom stereocenters. The lowest BCUT2D eigenvalue weighted by molar-refractivity contribution is -0.668. The summed E-state index contributed by atoms with van der Waals surface area (Å²) in [4.78, 5) is 2.94. The van der Waals surface area contributed by atoms with Crippen LogP contribution in [0.5, 0.6) is 0 Å². The number of aryl methyl sites for hydroxylation is 1. The molecule has 0 unspecified atom stereocenters. The minimum Gasteiger partial charge on any atom is -0.748 e. The Bertz CT molecular complexity index is 1780. The van der Waals surface area contributed by atoms with E-state index in [0.717, 1.165) is 41.6 Å². The van der Waals surface area contributed by atoms with Gasteiger partial charge in [-0.15, -0.1) is 0 Å². The quantitative estimate of drug-likeness (QED) is 0.205. The van der Waals surface area contributed by atoms with Crippen LogP contribution >= 0.6 is 34.7 Å². The topological polar surface area (TPSA) is 119 Å². The Morgan fingerprint density at radius 2 is 1.82 bits per heavy atom. The summed E-state index contributed by atoms with van der Waals surface area (Å²) in [6.45, 7) is 0.680. The van der Waals surface area contributed by atoms with Crippen LogP contribution < -0.4 is 9.47 Å². The molecule has 3 aromatic carbocycles. The number of rotatable bonds is 9. The SMILES string of the molecule is O=S(=O)([O-])CCC[n+]1c(/C=C2\Sc3ccc(Cl)cc3N2CCCS(=O)(=O)O)sc2c3ccccc3ccc21. The summed E-state index contributed by atoms with van der Waals surface area (Å²) in [5, 5.41) is 4.41. The molecule has 0 saturated heterocycles. The molecular formula is C25H23ClN2O6S4. The monoisotopic (exact) mass is 610 g/mol. The number of halogens is 1. The van der Waals surface area contributed by atoms with Crippen LogP contribution in [0.4, 0.5) is 5.69 Å². The lowest BCUT2D eigenvalue weighted by atomic mass is 10.1. The van der Waals surface area contributed by atoms with Crippen molar-refractivity contribution >= 4 is 87.7 Å². The van der Waals surface area contributed by atoms with Crippen LogP contribution in [0.25, 0.3) is 27.1 Å². The first-order valence-electron chi connectivity index (χ1n) is 11.7. The first-order chi connectivity index (χ1) is 18.0. The molecule has 0 amide bonds. The van der Waals surface area contributed by atoms with Crippen LogP contribution in [0.1, 0.15) is 17.8 Å². The lowest BCUT2D eigenvalue weighted by Gasteiger charge is -2.20. The summed E-state index contributed by atoms with van der Waals surface area (Å²) in [7, 11) is -8.44. The van der Waals surface area contributed by atoms with Crippen LogP contribution in [-0.2, 0) is 26.8 Å². The average molecular weight is 611 g/mol. The van der Waals surface area contributed by atoms with Gasteiger partial charge < -0.3 is 9.45 Å². The third kappa shape index (κ3) is 6.17. The van der Waals surface area contributed by atoms with Gasteiger partial charge in [-0.3, -0.25) is 4.55 Å². The molecule has 1 aliphatic rings. The number of anilines is 1. The van der Waals surface area contributed by atoms with E-state index in [9.17, 15) is 25.9 Å². The molecule has 1 N–H and O–H groups in total. The Labute approximate surface area is 234 Å². The Morgan fingerprint density at radius 1 is 1.03 bits per heavy atom. The Balaban J connectivity index is 1.59. The second-order valence-corrected chi connectivity index (χ2v) is 14.5. The maximum atomic E-state index is 11.3. The number of fused-ring (bicyclic) bond motifs is 4. The van der Waals surface area contributed by atoms with Gasteiger partial charge >= 0.3 is 0 Å². The van der Waals surface area contributed by atoms with Gasteiger partial charge in [-0.1, -0.05) is 59.0 Å². The number of aromatic nitrogens is 1. The molecule has 0 fully saturated rings. The van der Waals surface area contributed by atoms with Crippen LogP contribution in [0.15, 0.2) is 64.5 Å². The van der Waals surface area contributed by atoms with Crippen LogP contribution in [0.3, 0.4) is 0 Å². The summed E-state index contributed by atoms with van der Waals surface area (Å²) in [5.41, 5.74) is 1.78. The first kappa shape index (κ1) is 27.4. The molecule has 4 aromatic rings. The predicted octanol–water partition coefficient (Wildman–Crippen LogP) is 5.12. The van der Waals surface area contributed by atoms with E-state index in [2.05, 4.69) is 0 Å². The fourth-order valence-electron chi connectivity index (χ4n) is 4.49. The van der Waals surface area contributed by atoms with Gasteiger partial charge in [-0.2, -0.15) is 13.0 Å². The zero-order valence-corrected chi connectivity index (χ0v) is 23.9. The Morgan fingerprint density at radius 3 is 2.58 bits per heavy atom. The number of hydrogen-bond acceptors (Lipinski definition) is 8. The second kappa shape index (κ2) is 10.8. The highest BCUT2D eigenvalue weighted by Crippen LogP contribution is 2.48. The standard InChI is InChI=1S/C25H23ClN2O6S4/c26-18-8-10-22-21(15-18)28(12-4-14-38(32,33)34)23(35-22)16-24-27(11-3-13-37(29,30)31)20-9-7-17-5-1-2-6-19(17)25(20)36-24/h1-2,5-10,15-16H,3-4,11-14H2,(H-,29,30,31,32,33,34). The Kier molecular flexibility index (Phi) is 7.75. The van der Waals surface area contributed by atoms with E-state index in [4.69, 9.17) is 11.6 Å². The maximum Gasteiger partial charge on any atom is 0.265 e. The van der Waals surface area contributed by atoms with E-state index in [1.807, 2.05) is 64.1 Å². The smallest absolute Gasteiger partial charge is 0.265 e. The number of nitrogens with zero attached hydrogens (tertiary/aromatic N) is 2. The summed E-state index contributed by atoms with van der Waals surface area (Å²) in [6.07, 6.45) is 2.38. The van der Waals surface area contributed by atoms with Gasteiger partial charge in [0.15, 0.2) is 6.54 Å². The normalized spacial score (nSPS) is 15.1. The summed E-state index contributed by atoms with van der Waals surface area (Å²) < 4.78 is 68.8. The van der Waals surface area contributed by atoms with E-state index in [1.54, 1.807) is 17.4 Å². The van der Waals surface area contributed by atoms with Crippen molar-refractivity contribution in [3.8, 4) is 0 Å². The van der Waals surface area contributed by atoms with E-state index < -0.39 is 26.0 Å². The molecule has 8 nitrogen and oxygen atoms in total. The molecule has 0 spiro atoms. The predicted molar refractivity (Wildman–Crippen MR) is 152 cm³/mol. The number of benzene rings is 3. The molecule has 13 heteroatoms. The van der Waals surface area contributed by atoms with Crippen molar-refractivity contribution in [1.82, 2.24) is 0 Å². The molecule has 5 rings (SSSR count). The van der Waals surface area contributed by atoms with Gasteiger partial charge in [0.25, 0.3) is 15.1 Å². The molecule has 1 aromatic heterocycles. The van der Waals surface area contributed by atoms with E-state index in [0.29, 0.717) is 18.1 Å². The molecule has 0 radical (unpaired) electrons. The van der Waals surface area contributed by atoms with Crippen molar-refractivity contribution in [1.29, 1.82) is 0 Å². The van der Waals surface area contributed by atoms with Crippen molar-refractivity contribution in [2.45, 2.75) is 24.3 Å². The molecule has 0 bridgehead atoms. The lowest BCUT2D eigenvalue weighted by Crippen LogP contribution is -2.36. The van der Waals surface area contributed by atoms with Crippen molar-refractivity contribution in [3.05, 3.63) is 69.7 Å². The first-order valence-corrected chi connectivity index (χ1v) is 16.9. The fourth-order valence-corrected chi connectivity index (χ4v) is 8.07. The average Bonchev–Trinajstić information content (AvgIpc) is 3.35. The molecule has 0 saturated carbocycles. The van der Waals surface area contributed by atoms with Crippen molar-refractivity contribution in [2.24, 2.45) is 0 Å². The largest absolute Gasteiger partial charge is 0.748 e. The minimum absolute atomic E-state index is 0.173. The molecular weight excluding hydrogens is 588 g/mol. The van der Waals surface area contributed by atoms with Gasteiger partial charge in [-0.05, 0) is 36.1 Å². The summed E-state index contributed by atoms with van der Waals surface area (Å²) >= 11 is 9.35.